The van der Waals surface area contributed by atoms with E-state index < -0.39 is 0 Å². The standard InChI is InChI=1S/C17H18O4/c1-3-19-15-9-17-16(20-10-21-17)8-14(15)11(2)12-4-6-13(18)7-5-12/h4-9,11,18H,3,10H2,1-2H3/t11-/m0/s1. The van der Waals surface area contributed by atoms with Crippen LogP contribution in [0.5, 0.6) is 23.0 Å². The average Bonchev–Trinajstić information content (AvgIpc) is 2.94. The highest BCUT2D eigenvalue weighted by molar-refractivity contribution is 5.54. The van der Waals surface area contributed by atoms with Gasteiger partial charge in [0.1, 0.15) is 11.5 Å². The topological polar surface area (TPSA) is 47.9 Å². The van der Waals surface area contributed by atoms with Crippen molar-refractivity contribution in [3.63, 3.8) is 0 Å². The van der Waals surface area contributed by atoms with Crippen molar-refractivity contribution in [1.82, 2.24) is 0 Å². The van der Waals surface area contributed by atoms with Crippen molar-refractivity contribution < 1.29 is 19.3 Å². The minimum atomic E-state index is 0.127. The van der Waals surface area contributed by atoms with Crippen LogP contribution in [0.25, 0.3) is 0 Å². The van der Waals surface area contributed by atoms with Gasteiger partial charge in [-0.05, 0) is 30.7 Å². The summed E-state index contributed by atoms with van der Waals surface area (Å²) in [4.78, 5) is 0. The van der Waals surface area contributed by atoms with E-state index in [1.807, 2.05) is 31.2 Å². The quantitative estimate of drug-likeness (QED) is 0.931. The Morgan fingerprint density at radius 3 is 2.48 bits per heavy atom. The summed E-state index contributed by atoms with van der Waals surface area (Å²) in [6, 6.07) is 11.1. The van der Waals surface area contributed by atoms with E-state index in [2.05, 4.69) is 6.92 Å². The van der Waals surface area contributed by atoms with E-state index in [9.17, 15) is 5.11 Å². The van der Waals surface area contributed by atoms with E-state index in [4.69, 9.17) is 14.2 Å². The molecule has 0 fully saturated rings. The SMILES string of the molecule is CCOc1cc2c(cc1[C@@H](C)c1ccc(O)cc1)OCO2. The van der Waals surface area contributed by atoms with Crippen LogP contribution in [0.4, 0.5) is 0 Å². The second-order valence-electron chi connectivity index (χ2n) is 4.99. The van der Waals surface area contributed by atoms with Crippen LogP contribution in [-0.4, -0.2) is 18.5 Å². The molecule has 0 unspecified atom stereocenters. The lowest BCUT2D eigenvalue weighted by molar-refractivity contribution is 0.173. The molecule has 0 saturated heterocycles. The van der Waals surface area contributed by atoms with Crippen LogP contribution in [0.3, 0.4) is 0 Å². The van der Waals surface area contributed by atoms with Gasteiger partial charge in [0.2, 0.25) is 6.79 Å². The number of ether oxygens (including phenoxy) is 3. The number of phenolic OH excluding ortho intramolecular Hbond substituents is 1. The van der Waals surface area contributed by atoms with Crippen molar-refractivity contribution in [2.24, 2.45) is 0 Å². The summed E-state index contributed by atoms with van der Waals surface area (Å²) in [5.41, 5.74) is 2.15. The molecule has 0 aliphatic carbocycles. The summed E-state index contributed by atoms with van der Waals surface area (Å²) >= 11 is 0. The first kappa shape index (κ1) is 13.6. The van der Waals surface area contributed by atoms with Gasteiger partial charge >= 0.3 is 0 Å². The lowest BCUT2D eigenvalue weighted by atomic mass is 9.92. The molecule has 0 amide bonds. The lowest BCUT2D eigenvalue weighted by Crippen LogP contribution is -2.02. The normalized spacial score (nSPS) is 14.0. The molecule has 21 heavy (non-hydrogen) atoms. The molecule has 3 rings (SSSR count). The summed E-state index contributed by atoms with van der Waals surface area (Å²) in [6.07, 6.45) is 0. The number of aromatic hydroxyl groups is 1. The predicted molar refractivity (Wildman–Crippen MR) is 79.4 cm³/mol. The summed E-state index contributed by atoms with van der Waals surface area (Å²) in [7, 11) is 0. The van der Waals surface area contributed by atoms with Gasteiger partial charge in [0.25, 0.3) is 0 Å². The Morgan fingerprint density at radius 2 is 1.81 bits per heavy atom. The maximum absolute atomic E-state index is 9.41. The van der Waals surface area contributed by atoms with E-state index in [1.54, 1.807) is 12.1 Å². The Bertz CT molecular complexity index is 634. The molecule has 1 N–H and O–H groups in total. The molecule has 0 radical (unpaired) electrons. The molecule has 1 heterocycles. The minimum absolute atomic E-state index is 0.127. The Balaban J connectivity index is 2.01. The second-order valence-corrected chi connectivity index (χ2v) is 4.99. The highest BCUT2D eigenvalue weighted by Crippen LogP contribution is 2.42. The van der Waals surface area contributed by atoms with Crippen molar-refractivity contribution in [3.8, 4) is 23.0 Å². The molecule has 1 atom stereocenters. The maximum atomic E-state index is 9.41. The van der Waals surface area contributed by atoms with E-state index >= 15 is 0 Å². The summed E-state index contributed by atoms with van der Waals surface area (Å²) < 4.78 is 16.6. The first-order chi connectivity index (χ1) is 10.2. The van der Waals surface area contributed by atoms with Crippen LogP contribution >= 0.6 is 0 Å². The molecule has 0 saturated carbocycles. The third-order valence-electron chi connectivity index (χ3n) is 3.66. The fourth-order valence-electron chi connectivity index (χ4n) is 2.50. The van der Waals surface area contributed by atoms with E-state index in [0.29, 0.717) is 6.61 Å². The van der Waals surface area contributed by atoms with Crippen molar-refractivity contribution in [2.75, 3.05) is 13.4 Å². The van der Waals surface area contributed by atoms with Gasteiger partial charge < -0.3 is 19.3 Å². The summed E-state index contributed by atoms with van der Waals surface area (Å²) in [5, 5.41) is 9.41. The largest absolute Gasteiger partial charge is 0.508 e. The third-order valence-corrected chi connectivity index (χ3v) is 3.66. The molecular formula is C17H18O4. The Morgan fingerprint density at radius 1 is 1.14 bits per heavy atom. The van der Waals surface area contributed by atoms with Gasteiger partial charge in [0, 0.05) is 17.5 Å². The van der Waals surface area contributed by atoms with Crippen LogP contribution in [0.15, 0.2) is 36.4 Å². The molecule has 4 heteroatoms. The van der Waals surface area contributed by atoms with Crippen LogP contribution < -0.4 is 14.2 Å². The zero-order chi connectivity index (χ0) is 14.8. The van der Waals surface area contributed by atoms with Crippen molar-refractivity contribution in [3.05, 3.63) is 47.5 Å². The maximum Gasteiger partial charge on any atom is 0.231 e. The van der Waals surface area contributed by atoms with Crippen molar-refractivity contribution in [1.29, 1.82) is 0 Å². The Kier molecular flexibility index (Phi) is 3.60. The van der Waals surface area contributed by atoms with Gasteiger partial charge in [0.15, 0.2) is 11.5 Å². The highest BCUT2D eigenvalue weighted by Gasteiger charge is 2.21. The van der Waals surface area contributed by atoms with E-state index in [1.165, 1.54) is 0 Å². The second kappa shape index (κ2) is 5.56. The number of fused-ring (bicyclic) bond motifs is 1. The van der Waals surface area contributed by atoms with Crippen molar-refractivity contribution >= 4 is 0 Å². The fraction of sp³-hybridized carbons (Fsp3) is 0.294. The van der Waals surface area contributed by atoms with Gasteiger partial charge in [-0.1, -0.05) is 19.1 Å². The Labute approximate surface area is 123 Å². The van der Waals surface area contributed by atoms with Gasteiger partial charge in [-0.3, -0.25) is 0 Å². The van der Waals surface area contributed by atoms with Crippen molar-refractivity contribution in [2.45, 2.75) is 19.8 Å². The monoisotopic (exact) mass is 286 g/mol. The van der Waals surface area contributed by atoms with Gasteiger partial charge in [0.05, 0.1) is 6.61 Å². The van der Waals surface area contributed by atoms with Gasteiger partial charge in [-0.15, -0.1) is 0 Å². The fourth-order valence-corrected chi connectivity index (χ4v) is 2.50. The molecule has 1 aliphatic rings. The number of hydrogen-bond donors (Lipinski definition) is 1. The number of benzene rings is 2. The summed E-state index contributed by atoms with van der Waals surface area (Å²) in [5.74, 6) is 2.67. The summed E-state index contributed by atoms with van der Waals surface area (Å²) in [6.45, 7) is 4.90. The minimum Gasteiger partial charge on any atom is -0.508 e. The van der Waals surface area contributed by atoms with Crippen LogP contribution in [0.2, 0.25) is 0 Å². The van der Waals surface area contributed by atoms with Gasteiger partial charge in [-0.25, -0.2) is 0 Å². The predicted octanol–water partition coefficient (Wildman–Crippen LogP) is 3.67. The first-order valence-electron chi connectivity index (χ1n) is 7.04. The number of hydrogen-bond acceptors (Lipinski definition) is 4. The molecule has 2 aromatic carbocycles. The average molecular weight is 286 g/mol. The van der Waals surface area contributed by atoms with Crippen LogP contribution in [-0.2, 0) is 0 Å². The molecule has 0 bridgehead atoms. The molecule has 1 aliphatic heterocycles. The lowest BCUT2D eigenvalue weighted by Gasteiger charge is -2.18. The van der Waals surface area contributed by atoms with Gasteiger partial charge in [-0.2, -0.15) is 0 Å². The molecule has 2 aromatic rings. The molecule has 0 spiro atoms. The zero-order valence-electron chi connectivity index (χ0n) is 12.1. The highest BCUT2D eigenvalue weighted by atomic mass is 16.7. The van der Waals surface area contributed by atoms with E-state index in [0.717, 1.165) is 28.4 Å². The molecule has 0 aromatic heterocycles. The first-order valence-corrected chi connectivity index (χ1v) is 7.04. The number of rotatable bonds is 4. The molecule has 4 nitrogen and oxygen atoms in total. The van der Waals surface area contributed by atoms with Crippen LogP contribution in [0.1, 0.15) is 30.9 Å². The molecular weight excluding hydrogens is 268 g/mol. The van der Waals surface area contributed by atoms with E-state index in [-0.39, 0.29) is 18.5 Å². The third kappa shape index (κ3) is 2.61. The number of phenols is 1. The van der Waals surface area contributed by atoms with Crippen LogP contribution in [0, 0.1) is 0 Å². The Hall–Kier alpha value is -2.36. The molecule has 110 valence electrons. The smallest absolute Gasteiger partial charge is 0.231 e. The zero-order valence-corrected chi connectivity index (χ0v) is 12.1.